The molecule has 5 heteroatoms. The first kappa shape index (κ1) is 14.2. The second-order valence-electron chi connectivity index (χ2n) is 4.03. The third kappa shape index (κ3) is 3.28. The van der Waals surface area contributed by atoms with E-state index in [1.807, 2.05) is 13.0 Å². The molecule has 2 N–H and O–H groups in total. The Labute approximate surface area is 102 Å². The number of rotatable bonds is 5. The van der Waals surface area contributed by atoms with Crippen LogP contribution in [0.15, 0.2) is 24.3 Å². The Morgan fingerprint density at radius 1 is 1.35 bits per heavy atom. The maximum Gasteiger partial charge on any atom is 0.158 e. The van der Waals surface area contributed by atoms with Crippen molar-refractivity contribution in [2.75, 3.05) is 12.4 Å². The summed E-state index contributed by atoms with van der Waals surface area (Å²) in [4.78, 5) is 0. The molecule has 0 radical (unpaired) electrons. The number of aliphatic hydroxyl groups is 2. The Kier molecular flexibility index (Phi) is 4.68. The van der Waals surface area contributed by atoms with Crippen molar-refractivity contribution < 1.29 is 18.6 Å². The van der Waals surface area contributed by atoms with Gasteiger partial charge in [-0.3, -0.25) is 0 Å². The Bertz CT molecular complexity index is 467. The molecule has 0 amide bonds. The summed E-state index contributed by atoms with van der Waals surface area (Å²) in [7, 11) is -3.47. The summed E-state index contributed by atoms with van der Waals surface area (Å²) in [6.07, 6.45) is -1.19. The molecular formula is C12H18O4S. The molecule has 0 saturated carbocycles. The Morgan fingerprint density at radius 2 is 2.00 bits per heavy atom. The lowest BCUT2D eigenvalue weighted by Crippen LogP contribution is -2.33. The smallest absolute Gasteiger partial charge is 0.158 e. The topological polar surface area (TPSA) is 74.6 Å². The molecule has 0 aromatic heterocycles. The van der Waals surface area contributed by atoms with Gasteiger partial charge in [-0.15, -0.1) is 0 Å². The van der Waals surface area contributed by atoms with Gasteiger partial charge in [0.1, 0.15) is 5.25 Å². The van der Waals surface area contributed by atoms with Crippen molar-refractivity contribution >= 4 is 9.84 Å². The van der Waals surface area contributed by atoms with Crippen molar-refractivity contribution in [2.24, 2.45) is 0 Å². The summed E-state index contributed by atoms with van der Waals surface area (Å²) in [5.74, 6) is -0.0961. The summed E-state index contributed by atoms with van der Waals surface area (Å²) in [5, 5.41) is 18.0. The van der Waals surface area contributed by atoms with Crippen LogP contribution in [0.5, 0.6) is 0 Å². The highest BCUT2D eigenvalue weighted by Gasteiger charge is 2.31. The molecule has 0 heterocycles. The summed E-state index contributed by atoms with van der Waals surface area (Å²) >= 11 is 0. The van der Waals surface area contributed by atoms with Crippen LogP contribution in [0.1, 0.15) is 24.2 Å². The minimum atomic E-state index is -3.47. The van der Waals surface area contributed by atoms with Gasteiger partial charge in [0.05, 0.1) is 12.7 Å². The van der Waals surface area contributed by atoms with Gasteiger partial charge in [-0.2, -0.15) is 0 Å². The van der Waals surface area contributed by atoms with Gasteiger partial charge in [0.15, 0.2) is 9.84 Å². The first-order valence-electron chi connectivity index (χ1n) is 5.49. The highest BCUT2D eigenvalue weighted by molar-refractivity contribution is 7.92. The molecule has 1 rings (SSSR count). The molecular weight excluding hydrogens is 240 g/mol. The monoisotopic (exact) mass is 258 g/mol. The van der Waals surface area contributed by atoms with Crippen LogP contribution >= 0.6 is 0 Å². The molecule has 1 aromatic carbocycles. The van der Waals surface area contributed by atoms with Crippen LogP contribution in [0.4, 0.5) is 0 Å². The van der Waals surface area contributed by atoms with Gasteiger partial charge in [0, 0.05) is 5.75 Å². The fraction of sp³-hybridized carbons (Fsp3) is 0.500. The second kappa shape index (κ2) is 5.62. The zero-order valence-electron chi connectivity index (χ0n) is 10.00. The van der Waals surface area contributed by atoms with Crippen LogP contribution in [-0.4, -0.2) is 36.2 Å². The normalized spacial score (nSPS) is 15.5. The minimum Gasteiger partial charge on any atom is -0.395 e. The molecule has 96 valence electrons. The summed E-state index contributed by atoms with van der Waals surface area (Å²) in [6, 6.07) is 6.99. The lowest BCUT2D eigenvalue weighted by atomic mass is 10.0. The summed E-state index contributed by atoms with van der Waals surface area (Å²) in [5.41, 5.74) is 1.45. The molecule has 0 fully saturated rings. The molecule has 0 spiro atoms. The highest BCUT2D eigenvalue weighted by Crippen LogP contribution is 2.23. The third-order valence-corrected chi connectivity index (χ3v) is 4.91. The lowest BCUT2D eigenvalue weighted by molar-refractivity contribution is 0.138. The second-order valence-corrected chi connectivity index (χ2v) is 6.54. The van der Waals surface area contributed by atoms with Crippen LogP contribution in [0.2, 0.25) is 0 Å². The number of aryl methyl sites for hydroxylation is 1. The van der Waals surface area contributed by atoms with E-state index in [0.29, 0.717) is 5.56 Å². The van der Waals surface area contributed by atoms with Crippen molar-refractivity contribution in [1.29, 1.82) is 0 Å². The van der Waals surface area contributed by atoms with Crippen LogP contribution in [0.3, 0.4) is 0 Å². The number of sulfone groups is 1. The largest absolute Gasteiger partial charge is 0.395 e. The highest BCUT2D eigenvalue weighted by atomic mass is 32.2. The van der Waals surface area contributed by atoms with Gasteiger partial charge in [-0.25, -0.2) is 8.42 Å². The molecule has 0 bridgehead atoms. The van der Waals surface area contributed by atoms with E-state index in [-0.39, 0.29) is 5.75 Å². The zero-order chi connectivity index (χ0) is 13.1. The van der Waals surface area contributed by atoms with Crippen LogP contribution in [0.25, 0.3) is 0 Å². The van der Waals surface area contributed by atoms with Crippen molar-refractivity contribution in [3.63, 3.8) is 0 Å². The van der Waals surface area contributed by atoms with Gasteiger partial charge >= 0.3 is 0 Å². The lowest BCUT2D eigenvalue weighted by Gasteiger charge is -2.21. The molecule has 0 aliphatic rings. The number of aliphatic hydroxyl groups excluding tert-OH is 2. The third-order valence-electron chi connectivity index (χ3n) is 2.78. The minimum absolute atomic E-state index is 0.0961. The molecule has 17 heavy (non-hydrogen) atoms. The molecule has 0 aliphatic carbocycles. The Morgan fingerprint density at radius 3 is 2.47 bits per heavy atom. The molecule has 0 unspecified atom stereocenters. The van der Waals surface area contributed by atoms with E-state index in [4.69, 9.17) is 5.11 Å². The zero-order valence-corrected chi connectivity index (χ0v) is 10.8. The quantitative estimate of drug-likeness (QED) is 0.820. The van der Waals surface area contributed by atoms with Gasteiger partial charge in [-0.1, -0.05) is 36.8 Å². The average Bonchev–Trinajstić information content (AvgIpc) is 2.29. The maximum atomic E-state index is 11.7. The van der Waals surface area contributed by atoms with E-state index in [1.165, 1.54) is 6.92 Å². The number of hydrogen-bond donors (Lipinski definition) is 2. The van der Waals surface area contributed by atoms with Crippen molar-refractivity contribution in [1.82, 2.24) is 0 Å². The number of hydrogen-bond acceptors (Lipinski definition) is 4. The van der Waals surface area contributed by atoms with Gasteiger partial charge in [0.25, 0.3) is 0 Å². The average molecular weight is 258 g/mol. The fourth-order valence-electron chi connectivity index (χ4n) is 1.69. The molecule has 1 aromatic rings. The molecule has 2 atom stereocenters. The van der Waals surface area contributed by atoms with E-state index in [0.717, 1.165) is 5.56 Å². The van der Waals surface area contributed by atoms with Crippen molar-refractivity contribution in [3.8, 4) is 0 Å². The summed E-state index contributed by atoms with van der Waals surface area (Å²) < 4.78 is 23.4. The molecule has 0 saturated heterocycles. The predicted octanol–water partition coefficient (Wildman–Crippen LogP) is 0.824. The molecule has 0 aliphatic heterocycles. The fourth-order valence-corrected chi connectivity index (χ4v) is 2.90. The standard InChI is InChI=1S/C12H18O4S/c1-3-17(15,16)11(8-13)12(14)10-6-4-5-9(2)7-10/h4-7,11-14H,3,8H2,1-2H3/t11-,12+/m0/s1. The predicted molar refractivity (Wildman–Crippen MR) is 66.5 cm³/mol. The van der Waals surface area contributed by atoms with Gasteiger partial charge in [-0.05, 0) is 12.5 Å². The Balaban J connectivity index is 3.06. The first-order chi connectivity index (χ1) is 7.92. The summed E-state index contributed by atoms with van der Waals surface area (Å²) in [6.45, 7) is 2.78. The van der Waals surface area contributed by atoms with Crippen LogP contribution in [0, 0.1) is 6.92 Å². The number of benzene rings is 1. The van der Waals surface area contributed by atoms with E-state index < -0.39 is 27.8 Å². The van der Waals surface area contributed by atoms with Crippen molar-refractivity contribution in [2.45, 2.75) is 25.2 Å². The Hall–Kier alpha value is -0.910. The van der Waals surface area contributed by atoms with Crippen molar-refractivity contribution in [3.05, 3.63) is 35.4 Å². The maximum absolute atomic E-state index is 11.7. The SMILES string of the molecule is CCS(=O)(=O)[C@@H](CO)[C@H](O)c1cccc(C)c1. The van der Waals surface area contributed by atoms with E-state index in [1.54, 1.807) is 18.2 Å². The van der Waals surface area contributed by atoms with Gasteiger partial charge in [0.2, 0.25) is 0 Å². The van der Waals surface area contributed by atoms with E-state index in [9.17, 15) is 13.5 Å². The van der Waals surface area contributed by atoms with Gasteiger partial charge < -0.3 is 10.2 Å². The van der Waals surface area contributed by atoms with Crippen LogP contribution < -0.4 is 0 Å². The van der Waals surface area contributed by atoms with E-state index >= 15 is 0 Å². The first-order valence-corrected chi connectivity index (χ1v) is 7.21. The molecule has 4 nitrogen and oxygen atoms in total. The van der Waals surface area contributed by atoms with E-state index in [2.05, 4.69) is 0 Å². The van der Waals surface area contributed by atoms with Crippen LogP contribution in [-0.2, 0) is 9.84 Å².